The number of rotatable bonds is 8. The molecule has 0 bridgehead atoms. The van der Waals surface area contributed by atoms with Gasteiger partial charge in [-0.1, -0.05) is 35.9 Å². The molecule has 4 rings (SSSR count). The first kappa shape index (κ1) is 24.1. The molecule has 0 spiro atoms. The first-order valence-corrected chi connectivity index (χ1v) is 12.4. The predicted octanol–water partition coefficient (Wildman–Crippen LogP) is 4.88. The van der Waals surface area contributed by atoms with Crippen LogP contribution in [0.3, 0.4) is 0 Å². The van der Waals surface area contributed by atoms with E-state index in [2.05, 4.69) is 36.0 Å². The molecular formula is C24H21BrClN4O3S+. The number of para-hydroxylation sites is 2. The quantitative estimate of drug-likeness (QED) is 0.124. The fourth-order valence-corrected chi connectivity index (χ4v) is 4.74. The van der Waals surface area contributed by atoms with E-state index in [4.69, 9.17) is 16.3 Å². The van der Waals surface area contributed by atoms with Crippen LogP contribution in [0, 0.1) is 0 Å². The van der Waals surface area contributed by atoms with Crippen LogP contribution in [0.1, 0.15) is 11.1 Å². The van der Waals surface area contributed by atoms with Crippen LogP contribution in [0.5, 0.6) is 11.5 Å². The number of thioether (sulfide) groups is 1. The summed E-state index contributed by atoms with van der Waals surface area (Å²) in [5, 5.41) is 15.5. The van der Waals surface area contributed by atoms with Crippen molar-refractivity contribution in [3.8, 4) is 11.5 Å². The van der Waals surface area contributed by atoms with Gasteiger partial charge in [-0.05, 0) is 75.2 Å². The van der Waals surface area contributed by atoms with E-state index >= 15 is 0 Å². The molecule has 4 aromatic rings. The number of aromatic nitrogens is 2. The summed E-state index contributed by atoms with van der Waals surface area (Å²) in [7, 11) is 1.46. The number of halogens is 2. The second kappa shape index (κ2) is 10.9. The number of aromatic amines is 1. The normalized spacial score (nSPS) is 11.3. The number of amides is 1. The van der Waals surface area contributed by atoms with Crippen LogP contribution in [-0.4, -0.2) is 35.1 Å². The van der Waals surface area contributed by atoms with Crippen molar-refractivity contribution in [3.05, 3.63) is 81.3 Å². The third kappa shape index (κ3) is 5.72. The van der Waals surface area contributed by atoms with E-state index in [-0.39, 0.29) is 17.4 Å². The number of benzene rings is 3. The summed E-state index contributed by atoms with van der Waals surface area (Å²) < 4.78 is 7.73. The summed E-state index contributed by atoms with van der Waals surface area (Å²) in [6, 6.07) is 19.0. The van der Waals surface area contributed by atoms with Gasteiger partial charge in [-0.3, -0.25) is 4.79 Å². The molecule has 3 N–H and O–H groups in total. The summed E-state index contributed by atoms with van der Waals surface area (Å²) in [5.41, 5.74) is 6.33. The molecule has 0 saturated heterocycles. The Kier molecular flexibility index (Phi) is 7.77. The minimum atomic E-state index is -0.247. The standard InChI is InChI=1S/C24H20BrClN4O3S/c1-33-21-11-16(10-18(25)23(21)32)12-27-29-22(31)14-34-24-28-19-4-2-3-5-20(19)30(24)13-15-6-8-17(26)9-7-15/h2-12H,13-14H2,1H3,(H2,27,29,31,32)/p+1. The third-order valence-corrected chi connectivity index (χ3v) is 6.81. The Morgan fingerprint density at radius 2 is 2.03 bits per heavy atom. The van der Waals surface area contributed by atoms with Gasteiger partial charge in [-0.15, -0.1) is 0 Å². The smallest absolute Gasteiger partial charge is 0.317 e. The Labute approximate surface area is 213 Å². The number of fused-ring (bicyclic) bond motifs is 1. The molecule has 1 aromatic heterocycles. The van der Waals surface area contributed by atoms with Crippen molar-refractivity contribution in [2.45, 2.75) is 11.7 Å². The highest BCUT2D eigenvalue weighted by molar-refractivity contribution is 9.10. The highest BCUT2D eigenvalue weighted by Crippen LogP contribution is 2.34. The van der Waals surface area contributed by atoms with Gasteiger partial charge < -0.3 is 9.84 Å². The van der Waals surface area contributed by atoms with E-state index in [9.17, 15) is 9.90 Å². The molecule has 0 aliphatic rings. The SMILES string of the molecule is COc1cc(C=NNC(=O)CSc2[nH]c3ccccc3[n+]2Cc2ccc(Cl)cc2)cc(Br)c1O. The Bertz CT molecular complexity index is 1360. The van der Waals surface area contributed by atoms with E-state index < -0.39 is 0 Å². The Morgan fingerprint density at radius 1 is 1.26 bits per heavy atom. The third-order valence-electron chi connectivity index (χ3n) is 4.95. The molecule has 174 valence electrons. The highest BCUT2D eigenvalue weighted by Gasteiger charge is 2.20. The molecule has 1 amide bonds. The van der Waals surface area contributed by atoms with Gasteiger partial charge >= 0.3 is 5.16 Å². The summed E-state index contributed by atoms with van der Waals surface area (Å²) >= 11 is 10.7. The number of aromatic hydroxyl groups is 1. The molecule has 1 heterocycles. The Balaban J connectivity index is 1.44. The van der Waals surface area contributed by atoms with Crippen molar-refractivity contribution in [1.29, 1.82) is 0 Å². The summed E-state index contributed by atoms with van der Waals surface area (Å²) in [6.07, 6.45) is 1.49. The molecule has 3 aromatic carbocycles. The van der Waals surface area contributed by atoms with Crippen LogP contribution >= 0.6 is 39.3 Å². The van der Waals surface area contributed by atoms with Crippen molar-refractivity contribution in [3.63, 3.8) is 0 Å². The molecule has 0 unspecified atom stereocenters. The molecule has 0 aliphatic carbocycles. The van der Waals surface area contributed by atoms with E-state index in [1.807, 2.05) is 48.5 Å². The lowest BCUT2D eigenvalue weighted by Gasteiger charge is -2.06. The molecule has 0 fully saturated rings. The number of imidazole rings is 1. The number of phenolic OH excluding ortho intramolecular Hbond substituents is 1. The van der Waals surface area contributed by atoms with Gasteiger partial charge in [0, 0.05) is 5.02 Å². The van der Waals surface area contributed by atoms with Crippen LogP contribution in [0.25, 0.3) is 11.0 Å². The lowest BCUT2D eigenvalue weighted by atomic mass is 10.2. The molecule has 34 heavy (non-hydrogen) atoms. The first-order valence-electron chi connectivity index (χ1n) is 10.2. The maximum atomic E-state index is 12.4. The zero-order chi connectivity index (χ0) is 24.1. The average Bonchev–Trinajstić information content (AvgIpc) is 3.18. The number of phenols is 1. The molecular weight excluding hydrogens is 540 g/mol. The number of carbonyl (C=O) groups is 1. The maximum absolute atomic E-state index is 12.4. The van der Waals surface area contributed by atoms with Gasteiger partial charge in [0.2, 0.25) is 0 Å². The molecule has 0 saturated carbocycles. The van der Waals surface area contributed by atoms with E-state index in [0.717, 1.165) is 21.8 Å². The molecule has 7 nitrogen and oxygen atoms in total. The van der Waals surface area contributed by atoms with Gasteiger partial charge in [0.05, 0.1) is 23.5 Å². The van der Waals surface area contributed by atoms with Gasteiger partial charge in [0.15, 0.2) is 22.5 Å². The van der Waals surface area contributed by atoms with Crippen molar-refractivity contribution in [2.75, 3.05) is 12.9 Å². The number of hydrogen-bond acceptors (Lipinski definition) is 5. The number of hydrogen-bond donors (Lipinski definition) is 3. The van der Waals surface area contributed by atoms with Crippen molar-refractivity contribution in [2.24, 2.45) is 5.10 Å². The number of nitrogens with one attached hydrogen (secondary N) is 2. The van der Waals surface area contributed by atoms with Crippen LogP contribution in [0.2, 0.25) is 5.02 Å². The highest BCUT2D eigenvalue weighted by atomic mass is 79.9. The monoisotopic (exact) mass is 559 g/mol. The van der Waals surface area contributed by atoms with Crippen molar-refractivity contribution >= 4 is 62.4 Å². The van der Waals surface area contributed by atoms with E-state index in [1.165, 1.54) is 25.1 Å². The number of carbonyl (C=O) groups excluding carboxylic acids is 1. The first-order chi connectivity index (χ1) is 16.4. The number of hydrazone groups is 1. The number of methoxy groups -OCH3 is 1. The van der Waals surface area contributed by atoms with Gasteiger partial charge in [0.1, 0.15) is 6.54 Å². The van der Waals surface area contributed by atoms with E-state index in [1.54, 1.807) is 12.1 Å². The summed E-state index contributed by atoms with van der Waals surface area (Å²) in [5.74, 6) is 0.239. The topological polar surface area (TPSA) is 90.6 Å². The van der Waals surface area contributed by atoms with Crippen LogP contribution < -0.4 is 14.7 Å². The van der Waals surface area contributed by atoms with Crippen LogP contribution in [-0.2, 0) is 11.3 Å². The zero-order valence-electron chi connectivity index (χ0n) is 18.1. The number of nitrogens with zero attached hydrogens (tertiary/aromatic N) is 2. The van der Waals surface area contributed by atoms with Crippen molar-refractivity contribution < 1.29 is 19.2 Å². The van der Waals surface area contributed by atoms with E-state index in [0.29, 0.717) is 27.4 Å². The van der Waals surface area contributed by atoms with Crippen molar-refractivity contribution in [1.82, 2.24) is 10.4 Å². The molecule has 0 radical (unpaired) electrons. The maximum Gasteiger partial charge on any atom is 0.317 e. The fourth-order valence-electron chi connectivity index (χ4n) is 3.32. The van der Waals surface area contributed by atoms with Crippen LogP contribution in [0.4, 0.5) is 0 Å². The Morgan fingerprint density at radius 3 is 2.79 bits per heavy atom. The lowest BCUT2D eigenvalue weighted by Crippen LogP contribution is -2.36. The molecule has 10 heteroatoms. The summed E-state index contributed by atoms with van der Waals surface area (Å²) in [6.45, 7) is 0.640. The molecule has 0 aliphatic heterocycles. The minimum Gasteiger partial charge on any atom is -0.503 e. The lowest BCUT2D eigenvalue weighted by molar-refractivity contribution is -0.700. The molecule has 0 atom stereocenters. The summed E-state index contributed by atoms with van der Waals surface area (Å²) in [4.78, 5) is 15.8. The Hall–Kier alpha value is -3.01. The second-order valence-electron chi connectivity index (χ2n) is 7.30. The largest absolute Gasteiger partial charge is 0.503 e. The van der Waals surface area contributed by atoms with Gasteiger partial charge in [0.25, 0.3) is 5.91 Å². The number of H-pyrrole nitrogens is 1. The minimum absolute atomic E-state index is 0.00493. The van der Waals surface area contributed by atoms with Crippen LogP contribution in [0.15, 0.2) is 75.4 Å². The van der Waals surface area contributed by atoms with Gasteiger partial charge in [-0.2, -0.15) is 5.10 Å². The predicted molar refractivity (Wildman–Crippen MR) is 138 cm³/mol. The van der Waals surface area contributed by atoms with Gasteiger partial charge in [-0.25, -0.2) is 15.0 Å². The second-order valence-corrected chi connectivity index (χ2v) is 9.55. The average molecular weight is 561 g/mol. The zero-order valence-corrected chi connectivity index (χ0v) is 21.2. The number of ether oxygens (including phenoxy) is 1. The fraction of sp³-hybridized carbons (Fsp3) is 0.125.